The van der Waals surface area contributed by atoms with Gasteiger partial charge in [0.05, 0.1) is 16.8 Å². The average Bonchev–Trinajstić information content (AvgIpc) is 2.60. The third kappa shape index (κ3) is 2.51. The highest BCUT2D eigenvalue weighted by atomic mass is 32.2. The van der Waals surface area contributed by atoms with E-state index in [1.54, 1.807) is 28.7 Å². The first kappa shape index (κ1) is 13.0. The van der Waals surface area contributed by atoms with Crippen molar-refractivity contribution >= 4 is 17.6 Å². The van der Waals surface area contributed by atoms with Crippen LogP contribution in [0.5, 0.6) is 0 Å². The molecule has 0 bridgehead atoms. The zero-order chi connectivity index (χ0) is 13.3. The number of nitrogens with zero attached hydrogens (tertiary/aromatic N) is 2. The lowest BCUT2D eigenvalue weighted by molar-refractivity contribution is 0.625. The summed E-state index contributed by atoms with van der Waals surface area (Å²) < 4.78 is 14.7. The minimum atomic E-state index is -0.251. The number of aromatic nitrogens is 2. The standard InChI is InChI=1S/C13H16FN3S/c1-8(2)18-12-7-16-17(13(12)15)11-5-4-10(14)6-9(11)3/h4-8H,15H2,1-3H3. The molecule has 0 saturated heterocycles. The minimum absolute atomic E-state index is 0.251. The Bertz CT molecular complexity index is 563. The summed E-state index contributed by atoms with van der Waals surface area (Å²) >= 11 is 1.67. The van der Waals surface area contributed by atoms with E-state index in [0.29, 0.717) is 11.1 Å². The average molecular weight is 265 g/mol. The van der Waals surface area contributed by atoms with Crippen LogP contribution in [-0.2, 0) is 0 Å². The zero-order valence-electron chi connectivity index (χ0n) is 10.6. The molecule has 2 aromatic rings. The van der Waals surface area contributed by atoms with Crippen molar-refractivity contribution in [2.75, 3.05) is 5.73 Å². The molecule has 0 fully saturated rings. The van der Waals surface area contributed by atoms with Gasteiger partial charge in [0.25, 0.3) is 0 Å². The van der Waals surface area contributed by atoms with E-state index in [2.05, 4.69) is 18.9 Å². The molecule has 3 nitrogen and oxygen atoms in total. The van der Waals surface area contributed by atoms with Crippen LogP contribution in [0, 0.1) is 12.7 Å². The van der Waals surface area contributed by atoms with E-state index in [9.17, 15) is 4.39 Å². The van der Waals surface area contributed by atoms with Crippen molar-refractivity contribution in [3.05, 3.63) is 35.8 Å². The molecule has 0 unspecified atom stereocenters. The molecule has 1 aromatic carbocycles. The number of hydrogen-bond donors (Lipinski definition) is 1. The number of aryl methyl sites for hydroxylation is 1. The Hall–Kier alpha value is -1.49. The maximum atomic E-state index is 13.1. The van der Waals surface area contributed by atoms with Crippen LogP contribution >= 0.6 is 11.8 Å². The molecule has 0 aliphatic rings. The summed E-state index contributed by atoms with van der Waals surface area (Å²) in [6.07, 6.45) is 1.75. The van der Waals surface area contributed by atoms with Gasteiger partial charge in [0.15, 0.2) is 0 Å². The van der Waals surface area contributed by atoms with Gasteiger partial charge in [0.2, 0.25) is 0 Å². The van der Waals surface area contributed by atoms with Gasteiger partial charge in [-0.25, -0.2) is 9.07 Å². The van der Waals surface area contributed by atoms with Crippen molar-refractivity contribution in [1.82, 2.24) is 9.78 Å². The van der Waals surface area contributed by atoms with Gasteiger partial charge in [-0.15, -0.1) is 11.8 Å². The van der Waals surface area contributed by atoms with Gasteiger partial charge in [-0.05, 0) is 30.7 Å². The molecular weight excluding hydrogens is 249 g/mol. The number of hydrogen-bond acceptors (Lipinski definition) is 3. The van der Waals surface area contributed by atoms with Crippen LogP contribution in [-0.4, -0.2) is 15.0 Å². The third-order valence-corrected chi connectivity index (χ3v) is 3.56. The molecule has 0 aliphatic carbocycles. The van der Waals surface area contributed by atoms with Crippen molar-refractivity contribution < 1.29 is 4.39 Å². The highest BCUT2D eigenvalue weighted by Crippen LogP contribution is 2.30. The summed E-state index contributed by atoms with van der Waals surface area (Å²) in [6, 6.07) is 4.59. The van der Waals surface area contributed by atoms with Crippen LogP contribution < -0.4 is 5.73 Å². The van der Waals surface area contributed by atoms with Crippen molar-refractivity contribution in [2.45, 2.75) is 30.9 Å². The SMILES string of the molecule is Cc1cc(F)ccc1-n1ncc(SC(C)C)c1N. The van der Waals surface area contributed by atoms with E-state index in [1.807, 2.05) is 6.92 Å². The van der Waals surface area contributed by atoms with Gasteiger partial charge in [-0.1, -0.05) is 13.8 Å². The predicted molar refractivity (Wildman–Crippen MR) is 73.7 cm³/mol. The van der Waals surface area contributed by atoms with Crippen molar-refractivity contribution in [3.63, 3.8) is 0 Å². The van der Waals surface area contributed by atoms with Crippen molar-refractivity contribution in [1.29, 1.82) is 0 Å². The highest BCUT2D eigenvalue weighted by Gasteiger charge is 2.12. The Balaban J connectivity index is 2.42. The summed E-state index contributed by atoms with van der Waals surface area (Å²) in [6.45, 7) is 6.05. The zero-order valence-corrected chi connectivity index (χ0v) is 11.5. The first-order valence-electron chi connectivity index (χ1n) is 5.75. The molecule has 0 spiro atoms. The number of nitrogen functional groups attached to an aromatic ring is 1. The number of halogens is 1. The van der Waals surface area contributed by atoms with Gasteiger partial charge in [0.1, 0.15) is 11.6 Å². The monoisotopic (exact) mass is 265 g/mol. The van der Waals surface area contributed by atoms with E-state index < -0.39 is 0 Å². The first-order valence-corrected chi connectivity index (χ1v) is 6.63. The largest absolute Gasteiger partial charge is 0.383 e. The smallest absolute Gasteiger partial charge is 0.140 e. The van der Waals surface area contributed by atoms with Gasteiger partial charge < -0.3 is 5.73 Å². The first-order chi connectivity index (χ1) is 8.49. The Morgan fingerprint density at radius 3 is 2.72 bits per heavy atom. The highest BCUT2D eigenvalue weighted by molar-refractivity contribution is 8.00. The van der Waals surface area contributed by atoms with Crippen molar-refractivity contribution in [3.8, 4) is 5.69 Å². The van der Waals surface area contributed by atoms with Crippen molar-refractivity contribution in [2.24, 2.45) is 0 Å². The molecule has 0 aliphatic heterocycles. The Morgan fingerprint density at radius 1 is 1.39 bits per heavy atom. The summed E-state index contributed by atoms with van der Waals surface area (Å²) in [5.74, 6) is 0.349. The number of thioether (sulfide) groups is 1. The molecule has 96 valence electrons. The van der Waals surface area contributed by atoms with Crippen LogP contribution in [0.15, 0.2) is 29.3 Å². The van der Waals surface area contributed by atoms with Gasteiger partial charge in [-0.2, -0.15) is 5.10 Å². The van der Waals surface area contributed by atoms with E-state index in [0.717, 1.165) is 16.1 Å². The number of rotatable bonds is 3. The van der Waals surface area contributed by atoms with Crippen LogP contribution in [0.25, 0.3) is 5.69 Å². The molecule has 2 rings (SSSR count). The van der Waals surface area contributed by atoms with Crippen LogP contribution in [0.3, 0.4) is 0 Å². The molecule has 0 amide bonds. The second kappa shape index (κ2) is 5.02. The lowest BCUT2D eigenvalue weighted by atomic mass is 10.2. The molecule has 0 radical (unpaired) electrons. The Labute approximate surface area is 110 Å². The lowest BCUT2D eigenvalue weighted by Gasteiger charge is -2.09. The quantitative estimate of drug-likeness (QED) is 0.865. The minimum Gasteiger partial charge on any atom is -0.383 e. The van der Waals surface area contributed by atoms with E-state index in [1.165, 1.54) is 12.1 Å². The summed E-state index contributed by atoms with van der Waals surface area (Å²) in [5.41, 5.74) is 7.70. The van der Waals surface area contributed by atoms with Crippen LogP contribution in [0.4, 0.5) is 10.2 Å². The normalized spacial score (nSPS) is 11.2. The molecule has 1 aromatic heterocycles. The predicted octanol–water partition coefficient (Wildman–Crippen LogP) is 3.40. The van der Waals surface area contributed by atoms with E-state index in [4.69, 9.17) is 5.73 Å². The second-order valence-electron chi connectivity index (χ2n) is 4.40. The molecule has 1 heterocycles. The summed E-state index contributed by atoms with van der Waals surface area (Å²) in [7, 11) is 0. The van der Waals surface area contributed by atoms with E-state index in [-0.39, 0.29) is 5.82 Å². The summed E-state index contributed by atoms with van der Waals surface area (Å²) in [4.78, 5) is 0.953. The topological polar surface area (TPSA) is 43.8 Å². The van der Waals surface area contributed by atoms with Gasteiger partial charge in [-0.3, -0.25) is 0 Å². The lowest BCUT2D eigenvalue weighted by Crippen LogP contribution is -2.04. The fourth-order valence-electron chi connectivity index (χ4n) is 1.74. The molecule has 0 saturated carbocycles. The molecule has 0 atom stereocenters. The van der Waals surface area contributed by atoms with Crippen LogP contribution in [0.2, 0.25) is 0 Å². The molecular formula is C13H16FN3S. The molecule has 2 N–H and O–H groups in total. The van der Waals surface area contributed by atoms with Gasteiger partial charge >= 0.3 is 0 Å². The number of benzene rings is 1. The molecule has 5 heteroatoms. The summed E-state index contributed by atoms with van der Waals surface area (Å²) in [5, 5.41) is 4.72. The fourth-order valence-corrected chi connectivity index (χ4v) is 2.56. The third-order valence-electron chi connectivity index (χ3n) is 2.52. The maximum Gasteiger partial charge on any atom is 0.140 e. The van der Waals surface area contributed by atoms with Gasteiger partial charge in [0, 0.05) is 5.25 Å². The second-order valence-corrected chi connectivity index (χ2v) is 6.02. The Kier molecular flexibility index (Phi) is 3.61. The number of anilines is 1. The molecule has 18 heavy (non-hydrogen) atoms. The van der Waals surface area contributed by atoms with Crippen LogP contribution in [0.1, 0.15) is 19.4 Å². The number of nitrogens with two attached hydrogens (primary N) is 1. The Morgan fingerprint density at radius 2 is 2.11 bits per heavy atom. The maximum absolute atomic E-state index is 13.1. The fraction of sp³-hybridized carbons (Fsp3) is 0.308. The van der Waals surface area contributed by atoms with E-state index >= 15 is 0 Å².